The summed E-state index contributed by atoms with van der Waals surface area (Å²) >= 11 is 0. The third-order valence-corrected chi connectivity index (χ3v) is 8.63. The largest absolute Gasteiger partial charge is 0.436 e. The predicted molar refractivity (Wildman–Crippen MR) is 190 cm³/mol. The lowest BCUT2D eigenvalue weighted by molar-refractivity contribution is 0.620. The molecular weight excluding hydrogens is 562 g/mol. The summed E-state index contributed by atoms with van der Waals surface area (Å²) in [5.41, 5.74) is 10.1. The summed E-state index contributed by atoms with van der Waals surface area (Å²) in [6.07, 6.45) is 0. The molecule has 7 aromatic carbocycles. The Kier molecular flexibility index (Phi) is 6.10. The lowest BCUT2D eigenvalue weighted by atomic mass is 10.0. The number of rotatable bonds is 5. The van der Waals surface area contributed by atoms with Crippen LogP contribution in [-0.2, 0) is 0 Å². The fourth-order valence-corrected chi connectivity index (χ4v) is 6.27. The number of pyridine rings is 1. The van der Waals surface area contributed by atoms with Crippen LogP contribution in [0.3, 0.4) is 0 Å². The highest BCUT2D eigenvalue weighted by atomic mass is 16.3. The molecule has 0 aliphatic rings. The van der Waals surface area contributed by atoms with Gasteiger partial charge >= 0.3 is 0 Å². The minimum Gasteiger partial charge on any atom is -0.436 e. The summed E-state index contributed by atoms with van der Waals surface area (Å²) in [5.74, 6) is 0.632. The van der Waals surface area contributed by atoms with Crippen LogP contribution in [-0.4, -0.2) is 9.97 Å². The Morgan fingerprint density at radius 3 is 1.72 bits per heavy atom. The van der Waals surface area contributed by atoms with E-state index >= 15 is 0 Å². The van der Waals surface area contributed by atoms with Gasteiger partial charge in [0.2, 0.25) is 5.89 Å². The van der Waals surface area contributed by atoms with Crippen molar-refractivity contribution in [2.45, 2.75) is 0 Å². The molecule has 0 saturated heterocycles. The zero-order valence-electron chi connectivity index (χ0n) is 24.8. The predicted octanol–water partition coefficient (Wildman–Crippen LogP) is 11.5. The van der Waals surface area contributed by atoms with Crippen LogP contribution < -0.4 is 4.90 Å². The van der Waals surface area contributed by atoms with Crippen LogP contribution in [0, 0.1) is 0 Å². The first-order valence-corrected chi connectivity index (χ1v) is 15.4. The number of para-hydroxylation sites is 3. The highest BCUT2D eigenvalue weighted by molar-refractivity contribution is 5.96. The molecule has 0 aliphatic heterocycles. The molecule has 2 heterocycles. The topological polar surface area (TPSA) is 42.2 Å². The van der Waals surface area contributed by atoms with Crippen molar-refractivity contribution in [3.05, 3.63) is 164 Å². The van der Waals surface area contributed by atoms with Gasteiger partial charge in [-0.3, -0.25) is 0 Å². The van der Waals surface area contributed by atoms with Crippen molar-refractivity contribution in [2.24, 2.45) is 0 Å². The first kappa shape index (κ1) is 26.2. The number of anilines is 3. The van der Waals surface area contributed by atoms with Gasteiger partial charge in [-0.15, -0.1) is 0 Å². The van der Waals surface area contributed by atoms with E-state index in [1.54, 1.807) is 0 Å². The first-order valence-electron chi connectivity index (χ1n) is 15.4. The van der Waals surface area contributed by atoms with Crippen molar-refractivity contribution in [3.63, 3.8) is 0 Å². The first-order chi connectivity index (χ1) is 22.7. The molecule has 0 unspecified atom stereocenters. The summed E-state index contributed by atoms with van der Waals surface area (Å²) < 4.78 is 5.98. The van der Waals surface area contributed by atoms with Crippen molar-refractivity contribution >= 4 is 60.7 Å². The summed E-state index contributed by atoms with van der Waals surface area (Å²) in [4.78, 5) is 11.9. The molecule has 4 nitrogen and oxygen atoms in total. The Morgan fingerprint density at radius 2 is 0.935 bits per heavy atom. The molecule has 0 N–H and O–H groups in total. The van der Waals surface area contributed by atoms with Gasteiger partial charge in [-0.1, -0.05) is 84.9 Å². The molecule has 0 fully saturated rings. The number of fused-ring (bicyclic) bond motifs is 4. The van der Waals surface area contributed by atoms with E-state index < -0.39 is 0 Å². The minimum absolute atomic E-state index is 0.632. The molecule has 0 radical (unpaired) electrons. The van der Waals surface area contributed by atoms with Crippen LogP contribution in [0.1, 0.15) is 0 Å². The van der Waals surface area contributed by atoms with Gasteiger partial charge in [0.05, 0.1) is 11.0 Å². The molecule has 0 amide bonds. The molecule has 0 aliphatic carbocycles. The van der Waals surface area contributed by atoms with Crippen LogP contribution in [0.5, 0.6) is 0 Å². The summed E-state index contributed by atoms with van der Waals surface area (Å²) in [6.45, 7) is 0. The normalized spacial score (nSPS) is 11.5. The second-order valence-electron chi connectivity index (χ2n) is 11.5. The van der Waals surface area contributed by atoms with Crippen molar-refractivity contribution in [2.75, 3.05) is 4.90 Å². The van der Waals surface area contributed by atoms with Crippen molar-refractivity contribution in [3.8, 4) is 22.6 Å². The molecule has 46 heavy (non-hydrogen) atoms. The molecule has 0 spiro atoms. The third-order valence-electron chi connectivity index (χ3n) is 8.63. The highest BCUT2D eigenvalue weighted by Crippen LogP contribution is 2.38. The average molecular weight is 590 g/mol. The van der Waals surface area contributed by atoms with Crippen molar-refractivity contribution in [1.29, 1.82) is 0 Å². The molecule has 9 aromatic rings. The van der Waals surface area contributed by atoms with E-state index in [2.05, 4.69) is 143 Å². The Hall–Kier alpha value is -6.26. The van der Waals surface area contributed by atoms with E-state index in [-0.39, 0.29) is 0 Å². The Bertz CT molecular complexity index is 2500. The zero-order chi connectivity index (χ0) is 30.5. The number of nitrogens with zero attached hydrogens (tertiary/aromatic N) is 3. The molecule has 4 heteroatoms. The van der Waals surface area contributed by atoms with Gasteiger partial charge in [-0.2, -0.15) is 0 Å². The number of oxazole rings is 1. The van der Waals surface area contributed by atoms with Gasteiger partial charge in [0, 0.05) is 33.4 Å². The van der Waals surface area contributed by atoms with Crippen LogP contribution in [0.2, 0.25) is 0 Å². The standard InChI is InChI=1S/C42H27N3O/c1-2-8-32-26-36(22-19-28(32)7-1)45(37-23-24-39-34(27-37)25-33-9-3-4-10-38(33)43-39)35-20-17-30(18-21-35)29-13-15-31(16-14-29)42-44-40-11-5-6-12-41(40)46-42/h1-27H. The van der Waals surface area contributed by atoms with E-state index in [1.807, 2.05) is 30.3 Å². The maximum atomic E-state index is 5.98. The van der Waals surface area contributed by atoms with Crippen LogP contribution in [0.15, 0.2) is 168 Å². The second kappa shape index (κ2) is 10.7. The molecule has 0 saturated carbocycles. The molecule has 216 valence electrons. The number of aromatic nitrogens is 2. The highest BCUT2D eigenvalue weighted by Gasteiger charge is 2.15. The summed E-state index contributed by atoms with van der Waals surface area (Å²) in [6, 6.07) is 57.2. The van der Waals surface area contributed by atoms with Gasteiger partial charge in [0.25, 0.3) is 0 Å². The monoisotopic (exact) mass is 589 g/mol. The van der Waals surface area contributed by atoms with Crippen molar-refractivity contribution < 1.29 is 4.42 Å². The smallest absolute Gasteiger partial charge is 0.227 e. The summed E-state index contributed by atoms with van der Waals surface area (Å²) in [7, 11) is 0. The fraction of sp³-hybridized carbons (Fsp3) is 0. The maximum Gasteiger partial charge on any atom is 0.227 e. The lowest BCUT2D eigenvalue weighted by Gasteiger charge is -2.26. The SMILES string of the molecule is c1ccc2cc(N(c3ccc(-c4ccc(-c5nc6ccccc6o5)cc4)cc3)c3ccc4nc5ccccc5cc4c3)ccc2c1. The zero-order valence-corrected chi connectivity index (χ0v) is 24.8. The fourth-order valence-electron chi connectivity index (χ4n) is 6.27. The van der Waals surface area contributed by atoms with Crippen LogP contribution in [0.25, 0.3) is 66.3 Å². The Balaban J connectivity index is 1.10. The van der Waals surface area contributed by atoms with E-state index in [0.29, 0.717) is 5.89 Å². The van der Waals surface area contributed by atoms with Gasteiger partial charge < -0.3 is 9.32 Å². The quantitative estimate of drug-likeness (QED) is 0.187. The lowest BCUT2D eigenvalue weighted by Crippen LogP contribution is -2.10. The molecular formula is C42H27N3O. The molecule has 2 aromatic heterocycles. The van der Waals surface area contributed by atoms with Gasteiger partial charge in [0.15, 0.2) is 5.58 Å². The molecule has 9 rings (SSSR count). The van der Waals surface area contributed by atoms with E-state index in [4.69, 9.17) is 9.40 Å². The molecule has 0 bridgehead atoms. The molecule has 0 atom stereocenters. The van der Waals surface area contributed by atoms with E-state index in [0.717, 1.165) is 66.7 Å². The second-order valence-corrected chi connectivity index (χ2v) is 11.5. The van der Waals surface area contributed by atoms with Gasteiger partial charge in [-0.05, 0) is 101 Å². The number of benzene rings is 7. The maximum absolute atomic E-state index is 5.98. The van der Waals surface area contributed by atoms with Gasteiger partial charge in [0.1, 0.15) is 5.52 Å². The van der Waals surface area contributed by atoms with E-state index in [1.165, 1.54) is 10.8 Å². The van der Waals surface area contributed by atoms with Crippen LogP contribution in [0.4, 0.5) is 17.1 Å². The minimum atomic E-state index is 0.632. The Labute approximate surface area is 265 Å². The Morgan fingerprint density at radius 1 is 0.370 bits per heavy atom. The van der Waals surface area contributed by atoms with Gasteiger partial charge in [-0.25, -0.2) is 9.97 Å². The van der Waals surface area contributed by atoms with E-state index in [9.17, 15) is 0 Å². The van der Waals surface area contributed by atoms with Crippen LogP contribution >= 0.6 is 0 Å². The summed E-state index contributed by atoms with van der Waals surface area (Å²) in [5, 5.41) is 4.67. The van der Waals surface area contributed by atoms with Crippen molar-refractivity contribution in [1.82, 2.24) is 9.97 Å². The third kappa shape index (κ3) is 4.64. The average Bonchev–Trinajstić information content (AvgIpc) is 3.56. The number of hydrogen-bond donors (Lipinski definition) is 0. The number of hydrogen-bond acceptors (Lipinski definition) is 4.